The molecule has 0 amide bonds. The van der Waals surface area contributed by atoms with E-state index in [1.165, 1.54) is 24.0 Å². The maximum atomic E-state index is 11.5. The van der Waals surface area contributed by atoms with Crippen molar-refractivity contribution in [2.24, 2.45) is 0 Å². The Bertz CT molecular complexity index is 580. The van der Waals surface area contributed by atoms with Crippen LogP contribution in [-0.2, 0) is 16.4 Å². The zero-order chi connectivity index (χ0) is 14.2. The number of hydrogen-bond donors (Lipinski definition) is 1. The van der Waals surface area contributed by atoms with Crippen LogP contribution in [0.2, 0.25) is 0 Å². The molecule has 1 saturated carbocycles. The van der Waals surface area contributed by atoms with Crippen molar-refractivity contribution in [3.8, 4) is 0 Å². The molecule has 1 aliphatic carbocycles. The summed E-state index contributed by atoms with van der Waals surface area (Å²) in [6, 6.07) is 7.20. The second-order valence-corrected chi connectivity index (χ2v) is 8.21. The van der Waals surface area contributed by atoms with Gasteiger partial charge in [0.25, 0.3) is 0 Å². The first-order valence-corrected chi connectivity index (χ1v) is 9.14. The Kier molecular flexibility index (Phi) is 3.73. The largest absolute Gasteiger partial charge is 0.369 e. The van der Waals surface area contributed by atoms with E-state index in [1.807, 2.05) is 0 Å². The molecule has 1 aromatic carbocycles. The van der Waals surface area contributed by atoms with Gasteiger partial charge in [-0.1, -0.05) is 6.07 Å². The van der Waals surface area contributed by atoms with E-state index >= 15 is 0 Å². The number of sulfone groups is 1. The first-order valence-electron chi connectivity index (χ1n) is 7.32. The molecule has 5 heteroatoms. The summed E-state index contributed by atoms with van der Waals surface area (Å²) in [4.78, 5) is 2.17. The van der Waals surface area contributed by atoms with Gasteiger partial charge in [-0.25, -0.2) is 8.42 Å². The third kappa shape index (κ3) is 3.33. The van der Waals surface area contributed by atoms with Gasteiger partial charge in [-0.05, 0) is 43.0 Å². The van der Waals surface area contributed by atoms with Gasteiger partial charge in [0.2, 0.25) is 0 Å². The van der Waals surface area contributed by atoms with Crippen molar-refractivity contribution in [3.05, 3.63) is 29.3 Å². The number of nitrogens with one attached hydrogen (secondary N) is 1. The fraction of sp³-hybridized carbons (Fsp3) is 0.600. The van der Waals surface area contributed by atoms with Gasteiger partial charge in [-0.3, -0.25) is 0 Å². The summed E-state index contributed by atoms with van der Waals surface area (Å²) in [5.74, 6) is 0.550. The van der Waals surface area contributed by atoms with Crippen molar-refractivity contribution in [1.82, 2.24) is 5.32 Å². The van der Waals surface area contributed by atoms with Crippen LogP contribution in [0.25, 0.3) is 0 Å². The lowest BCUT2D eigenvalue weighted by molar-refractivity contribution is 0.587. The average molecular weight is 294 g/mol. The standard InChI is InChI=1S/C15H22N2O2S/c1-12-10-15(17-6-8-20(18,19)9-7-17)5-2-13(12)11-16-14-3-4-14/h2,5,10,14,16H,3-4,6-9,11H2,1H3. The summed E-state index contributed by atoms with van der Waals surface area (Å²) in [6.45, 7) is 4.29. The Labute approximate surface area is 121 Å². The molecule has 4 nitrogen and oxygen atoms in total. The lowest BCUT2D eigenvalue weighted by Crippen LogP contribution is -2.40. The number of benzene rings is 1. The fourth-order valence-electron chi connectivity index (χ4n) is 2.59. The predicted octanol–water partition coefficient (Wildman–Crippen LogP) is 1.48. The van der Waals surface area contributed by atoms with Crippen LogP contribution in [0, 0.1) is 6.92 Å². The molecule has 2 fully saturated rings. The van der Waals surface area contributed by atoms with Crippen molar-refractivity contribution in [2.75, 3.05) is 29.5 Å². The highest BCUT2D eigenvalue weighted by atomic mass is 32.2. The highest BCUT2D eigenvalue weighted by molar-refractivity contribution is 7.91. The van der Waals surface area contributed by atoms with Gasteiger partial charge >= 0.3 is 0 Å². The number of rotatable bonds is 4. The molecule has 3 rings (SSSR count). The van der Waals surface area contributed by atoms with Crippen molar-refractivity contribution in [2.45, 2.75) is 32.4 Å². The molecule has 1 aromatic rings. The van der Waals surface area contributed by atoms with Gasteiger partial charge in [0, 0.05) is 31.4 Å². The Morgan fingerprint density at radius 1 is 1.25 bits per heavy atom. The van der Waals surface area contributed by atoms with Crippen molar-refractivity contribution in [1.29, 1.82) is 0 Å². The fourth-order valence-corrected chi connectivity index (χ4v) is 3.79. The summed E-state index contributed by atoms with van der Waals surface area (Å²) in [7, 11) is -2.80. The zero-order valence-electron chi connectivity index (χ0n) is 11.9. The number of nitrogens with zero attached hydrogens (tertiary/aromatic N) is 1. The summed E-state index contributed by atoms with van der Waals surface area (Å²) in [5.41, 5.74) is 3.77. The number of anilines is 1. The van der Waals surface area contributed by atoms with E-state index in [-0.39, 0.29) is 11.5 Å². The van der Waals surface area contributed by atoms with Gasteiger partial charge < -0.3 is 10.2 Å². The first-order chi connectivity index (χ1) is 9.53. The summed E-state index contributed by atoms with van der Waals surface area (Å²) >= 11 is 0. The van der Waals surface area contributed by atoms with E-state index in [4.69, 9.17) is 0 Å². The predicted molar refractivity (Wildman–Crippen MR) is 81.9 cm³/mol. The van der Waals surface area contributed by atoms with Gasteiger partial charge in [0.15, 0.2) is 9.84 Å². The van der Waals surface area contributed by atoms with E-state index in [0.717, 1.165) is 18.3 Å². The van der Waals surface area contributed by atoms with Crippen LogP contribution in [0.1, 0.15) is 24.0 Å². The minimum Gasteiger partial charge on any atom is -0.369 e. The topological polar surface area (TPSA) is 49.4 Å². The highest BCUT2D eigenvalue weighted by Gasteiger charge is 2.22. The third-order valence-corrected chi connectivity index (χ3v) is 5.80. The van der Waals surface area contributed by atoms with Gasteiger partial charge in [0.05, 0.1) is 11.5 Å². The van der Waals surface area contributed by atoms with E-state index < -0.39 is 9.84 Å². The maximum Gasteiger partial charge on any atom is 0.153 e. The molecular formula is C15H22N2O2S. The smallest absolute Gasteiger partial charge is 0.153 e. The molecule has 0 aromatic heterocycles. The maximum absolute atomic E-state index is 11.5. The van der Waals surface area contributed by atoms with Crippen molar-refractivity contribution < 1.29 is 8.42 Å². The summed E-state index contributed by atoms with van der Waals surface area (Å²) in [5, 5.41) is 3.53. The molecule has 1 N–H and O–H groups in total. The summed E-state index contributed by atoms with van der Waals surface area (Å²) < 4.78 is 22.9. The summed E-state index contributed by atoms with van der Waals surface area (Å²) in [6.07, 6.45) is 2.61. The van der Waals surface area contributed by atoms with E-state index in [1.54, 1.807) is 0 Å². The third-order valence-electron chi connectivity index (χ3n) is 4.19. The highest BCUT2D eigenvalue weighted by Crippen LogP contribution is 2.23. The average Bonchev–Trinajstić information content (AvgIpc) is 3.21. The minimum atomic E-state index is -2.80. The SMILES string of the molecule is Cc1cc(N2CCS(=O)(=O)CC2)ccc1CNC1CC1. The Morgan fingerprint density at radius 2 is 1.95 bits per heavy atom. The second-order valence-electron chi connectivity index (χ2n) is 5.90. The van der Waals surface area contributed by atoms with Crippen LogP contribution in [0.15, 0.2) is 18.2 Å². The number of hydrogen-bond acceptors (Lipinski definition) is 4. The molecule has 1 aliphatic heterocycles. The van der Waals surface area contributed by atoms with Gasteiger partial charge in [-0.2, -0.15) is 0 Å². The minimum absolute atomic E-state index is 0.275. The molecule has 0 radical (unpaired) electrons. The molecular weight excluding hydrogens is 272 g/mol. The van der Waals surface area contributed by atoms with Crippen LogP contribution in [0.3, 0.4) is 0 Å². The quantitative estimate of drug-likeness (QED) is 0.914. The lowest BCUT2D eigenvalue weighted by Gasteiger charge is -2.29. The second kappa shape index (κ2) is 5.37. The van der Waals surface area contributed by atoms with Crippen molar-refractivity contribution in [3.63, 3.8) is 0 Å². The molecule has 1 saturated heterocycles. The molecule has 2 aliphatic rings. The molecule has 1 heterocycles. The Morgan fingerprint density at radius 3 is 2.55 bits per heavy atom. The van der Waals surface area contributed by atoms with Crippen LogP contribution in [0.4, 0.5) is 5.69 Å². The van der Waals surface area contributed by atoms with E-state index in [9.17, 15) is 8.42 Å². The Balaban J connectivity index is 1.66. The van der Waals surface area contributed by atoms with Crippen LogP contribution < -0.4 is 10.2 Å². The lowest BCUT2D eigenvalue weighted by atomic mass is 10.1. The van der Waals surface area contributed by atoms with Crippen LogP contribution in [0.5, 0.6) is 0 Å². The van der Waals surface area contributed by atoms with E-state index in [2.05, 4.69) is 35.3 Å². The monoisotopic (exact) mass is 294 g/mol. The van der Waals surface area contributed by atoms with Crippen molar-refractivity contribution >= 4 is 15.5 Å². The molecule has 0 unspecified atom stereocenters. The van der Waals surface area contributed by atoms with Crippen LogP contribution >= 0.6 is 0 Å². The zero-order valence-corrected chi connectivity index (χ0v) is 12.7. The molecule has 0 spiro atoms. The molecule has 0 atom stereocenters. The first kappa shape index (κ1) is 13.9. The molecule has 110 valence electrons. The normalized spacial score (nSPS) is 21.9. The van der Waals surface area contributed by atoms with Gasteiger partial charge in [-0.15, -0.1) is 0 Å². The molecule has 20 heavy (non-hydrogen) atoms. The van der Waals surface area contributed by atoms with Crippen LogP contribution in [-0.4, -0.2) is 39.1 Å². The Hall–Kier alpha value is -1.07. The number of aryl methyl sites for hydroxylation is 1. The molecule has 0 bridgehead atoms. The van der Waals surface area contributed by atoms with Gasteiger partial charge in [0.1, 0.15) is 0 Å². The van der Waals surface area contributed by atoms with E-state index in [0.29, 0.717) is 13.1 Å².